The van der Waals surface area contributed by atoms with Gasteiger partial charge in [0.1, 0.15) is 0 Å². The van der Waals surface area contributed by atoms with Crippen molar-refractivity contribution in [3.05, 3.63) is 177 Å². The highest BCUT2D eigenvalue weighted by atomic mass is 14.9. The van der Waals surface area contributed by atoms with Crippen molar-refractivity contribution >= 4 is 22.6 Å². The van der Waals surface area contributed by atoms with Crippen LogP contribution in [0, 0.1) is 13.8 Å². The Kier molecular flexibility index (Phi) is 5.85. The second kappa shape index (κ2) is 9.81. The number of nitrogens with zero attached hydrogens (tertiary/aromatic N) is 2. The highest BCUT2D eigenvalue weighted by molar-refractivity contribution is 6.12. The molecule has 5 heteroatoms. The van der Waals surface area contributed by atoms with E-state index in [1.165, 1.54) is 11.1 Å². The molecule has 8 rings (SSSR count). The first kappa shape index (κ1) is 26.2. The number of benzene rings is 2. The molecule has 44 heavy (non-hydrogen) atoms. The third-order valence-corrected chi connectivity index (χ3v) is 8.97. The summed E-state index contributed by atoms with van der Waals surface area (Å²) in [6.45, 7) is 8.70. The SMILES string of the molecule is Cc1ccc(/C2=C3\C=CC(=N3)c3ccc([nH]3)C(C)(C)c3ccc([nH]3)C3=N/C(=C(/c4ccc(C)cc4)c4ccc2[nH]4)C=C3)cc1. The van der Waals surface area contributed by atoms with Gasteiger partial charge in [-0.1, -0.05) is 59.7 Å². The van der Waals surface area contributed by atoms with Crippen molar-refractivity contribution in [2.75, 3.05) is 0 Å². The molecule has 5 aromatic rings. The Balaban J connectivity index is 1.40. The van der Waals surface area contributed by atoms with Crippen LogP contribution in [0.15, 0.2) is 131 Å². The summed E-state index contributed by atoms with van der Waals surface area (Å²) in [5, 5.41) is 0. The van der Waals surface area contributed by atoms with Crippen LogP contribution < -0.4 is 0 Å². The maximum absolute atomic E-state index is 5.18. The van der Waals surface area contributed by atoms with Gasteiger partial charge >= 0.3 is 0 Å². The summed E-state index contributed by atoms with van der Waals surface area (Å²) in [5.74, 6) is 0. The fourth-order valence-corrected chi connectivity index (χ4v) is 6.28. The zero-order chi connectivity index (χ0) is 30.0. The van der Waals surface area contributed by atoms with Gasteiger partial charge in [-0.25, -0.2) is 9.98 Å². The van der Waals surface area contributed by atoms with Crippen molar-refractivity contribution < 1.29 is 0 Å². The number of aromatic nitrogens is 3. The number of rotatable bonds is 2. The number of nitrogens with one attached hydrogen (secondary N) is 3. The highest BCUT2D eigenvalue weighted by Crippen LogP contribution is 2.37. The van der Waals surface area contributed by atoms with E-state index in [9.17, 15) is 0 Å². The lowest BCUT2D eigenvalue weighted by Crippen LogP contribution is -2.20. The maximum atomic E-state index is 5.18. The van der Waals surface area contributed by atoms with Crippen molar-refractivity contribution in [1.29, 1.82) is 0 Å². The van der Waals surface area contributed by atoms with Crippen molar-refractivity contribution in [2.45, 2.75) is 33.1 Å². The van der Waals surface area contributed by atoms with Crippen LogP contribution in [0.5, 0.6) is 0 Å². The Morgan fingerprint density at radius 1 is 0.455 bits per heavy atom. The first-order valence-electron chi connectivity index (χ1n) is 15.1. The van der Waals surface area contributed by atoms with E-state index >= 15 is 0 Å². The van der Waals surface area contributed by atoms with Gasteiger partial charge in [-0.15, -0.1) is 0 Å². The summed E-state index contributed by atoms with van der Waals surface area (Å²) in [4.78, 5) is 21.5. The summed E-state index contributed by atoms with van der Waals surface area (Å²) in [6, 6.07) is 30.3. The van der Waals surface area contributed by atoms with Crippen LogP contribution in [0.1, 0.15) is 70.3 Å². The molecule has 0 spiro atoms. The normalized spacial score (nSPS) is 20.0. The van der Waals surface area contributed by atoms with Gasteiger partial charge < -0.3 is 15.0 Å². The molecule has 0 atom stereocenters. The summed E-state index contributed by atoms with van der Waals surface area (Å²) in [7, 11) is 0. The molecule has 3 aliphatic heterocycles. The van der Waals surface area contributed by atoms with E-state index in [0.29, 0.717) is 0 Å². The van der Waals surface area contributed by atoms with Gasteiger partial charge in [0.2, 0.25) is 0 Å². The number of hydrogen-bond donors (Lipinski definition) is 3. The number of fused-ring (bicyclic) bond motifs is 10. The van der Waals surface area contributed by atoms with E-state index in [1.54, 1.807) is 0 Å². The van der Waals surface area contributed by atoms with E-state index in [1.807, 2.05) is 0 Å². The lowest BCUT2D eigenvalue weighted by molar-refractivity contribution is 0.603. The third-order valence-electron chi connectivity index (χ3n) is 8.97. The zero-order valence-electron chi connectivity index (χ0n) is 25.3. The molecule has 0 saturated carbocycles. The molecule has 0 radical (unpaired) electrons. The molecule has 2 aromatic carbocycles. The van der Waals surface area contributed by atoms with E-state index in [4.69, 9.17) is 9.98 Å². The molecule has 6 heterocycles. The molecule has 3 N–H and O–H groups in total. The molecule has 3 aliphatic rings. The van der Waals surface area contributed by atoms with Crippen LogP contribution in [0.2, 0.25) is 0 Å². The number of aryl methyl sites for hydroxylation is 2. The lowest BCUT2D eigenvalue weighted by atomic mass is 9.86. The molecule has 5 nitrogen and oxygen atoms in total. The average Bonchev–Trinajstić information content (AvgIpc) is 3.85. The van der Waals surface area contributed by atoms with Gasteiger partial charge in [0.05, 0.1) is 34.2 Å². The number of allylic oxidation sites excluding steroid dienone is 4. The second-order valence-corrected chi connectivity index (χ2v) is 12.4. The average molecular weight is 572 g/mol. The fraction of sp³-hybridized carbons (Fsp3) is 0.128. The molecule has 0 aliphatic carbocycles. The Hall–Kier alpha value is -5.42. The molecular formula is C39H33N5. The topological polar surface area (TPSA) is 72.1 Å². The molecule has 0 saturated heterocycles. The minimum absolute atomic E-state index is 0.274. The summed E-state index contributed by atoms with van der Waals surface area (Å²) >= 11 is 0. The summed E-state index contributed by atoms with van der Waals surface area (Å²) in [6.07, 6.45) is 8.46. The van der Waals surface area contributed by atoms with E-state index in [2.05, 4.69) is 152 Å². The first-order valence-corrected chi connectivity index (χ1v) is 15.1. The number of H-pyrrole nitrogens is 3. The van der Waals surface area contributed by atoms with Crippen molar-refractivity contribution in [3.8, 4) is 0 Å². The predicted molar refractivity (Wildman–Crippen MR) is 180 cm³/mol. The number of aromatic amines is 3. The maximum Gasteiger partial charge on any atom is 0.0872 e. The quantitative estimate of drug-likeness (QED) is 0.190. The molecule has 3 aromatic heterocycles. The summed E-state index contributed by atoms with van der Waals surface area (Å²) in [5.41, 5.74) is 16.5. The largest absolute Gasteiger partial charge is 0.356 e. The van der Waals surface area contributed by atoms with Crippen LogP contribution in [0.3, 0.4) is 0 Å². The van der Waals surface area contributed by atoms with Crippen LogP contribution in [-0.2, 0) is 5.41 Å². The smallest absolute Gasteiger partial charge is 0.0872 e. The highest BCUT2D eigenvalue weighted by Gasteiger charge is 2.28. The Bertz CT molecular complexity index is 1980. The fourth-order valence-electron chi connectivity index (χ4n) is 6.28. The van der Waals surface area contributed by atoms with Gasteiger partial charge in [0.15, 0.2) is 0 Å². The Labute approximate surface area is 257 Å². The molecule has 0 amide bonds. The van der Waals surface area contributed by atoms with Gasteiger partial charge in [-0.3, -0.25) is 0 Å². The van der Waals surface area contributed by atoms with Gasteiger partial charge in [0, 0.05) is 39.3 Å². The minimum atomic E-state index is -0.274. The molecule has 0 unspecified atom stereocenters. The number of hydrogen-bond acceptors (Lipinski definition) is 2. The standard InChI is InChI=1S/C39H33N5/c1-23-5-9-25(10-6-23)37-31-15-13-27(40-31)29-19-21-35(43-29)39(3,4)36-22-20-30(44-36)28-14-16-32(41-28)38(34-18-17-33(37)42-34)26-11-7-24(2)8-12-26/h5-22,42-44H,1-4H3/b37-31-,38-32-. The molecule has 0 fully saturated rings. The molecule has 214 valence electrons. The zero-order valence-corrected chi connectivity index (χ0v) is 25.3. The number of aliphatic imine (C=N–C) groups is 2. The van der Waals surface area contributed by atoms with Crippen LogP contribution >= 0.6 is 0 Å². The minimum Gasteiger partial charge on any atom is -0.356 e. The van der Waals surface area contributed by atoms with Crippen molar-refractivity contribution in [1.82, 2.24) is 15.0 Å². The monoisotopic (exact) mass is 571 g/mol. The van der Waals surface area contributed by atoms with Crippen LogP contribution in [0.4, 0.5) is 0 Å². The van der Waals surface area contributed by atoms with E-state index in [0.717, 1.165) is 79.3 Å². The molecular weight excluding hydrogens is 538 g/mol. The molecule has 10 bridgehead atoms. The van der Waals surface area contributed by atoms with Gasteiger partial charge in [-0.05, 0) is 99.5 Å². The van der Waals surface area contributed by atoms with E-state index in [-0.39, 0.29) is 5.41 Å². The van der Waals surface area contributed by atoms with Gasteiger partial charge in [-0.2, -0.15) is 0 Å². The Morgan fingerprint density at radius 2 is 0.864 bits per heavy atom. The third kappa shape index (κ3) is 4.32. The lowest BCUT2D eigenvalue weighted by Gasteiger charge is -2.22. The van der Waals surface area contributed by atoms with Gasteiger partial charge in [0.25, 0.3) is 0 Å². The predicted octanol–water partition coefficient (Wildman–Crippen LogP) is 8.56. The first-order chi connectivity index (χ1) is 21.3. The van der Waals surface area contributed by atoms with Crippen molar-refractivity contribution in [2.24, 2.45) is 9.98 Å². The van der Waals surface area contributed by atoms with E-state index < -0.39 is 0 Å². The Morgan fingerprint density at radius 3 is 1.30 bits per heavy atom. The van der Waals surface area contributed by atoms with Crippen LogP contribution in [-0.4, -0.2) is 26.4 Å². The second-order valence-electron chi connectivity index (χ2n) is 12.4. The summed E-state index contributed by atoms with van der Waals surface area (Å²) < 4.78 is 0. The van der Waals surface area contributed by atoms with Crippen LogP contribution in [0.25, 0.3) is 11.1 Å². The van der Waals surface area contributed by atoms with Crippen molar-refractivity contribution in [3.63, 3.8) is 0 Å².